The molecule has 0 aliphatic carbocycles. The Kier molecular flexibility index (Phi) is 2.97. The average Bonchev–Trinajstić information content (AvgIpc) is 2.74. The van der Waals surface area contributed by atoms with Crippen LogP contribution in [0.1, 0.15) is 12.1 Å². The Balaban J connectivity index is 2.02. The molecule has 1 atom stereocenters. The Labute approximate surface area is 89.1 Å². The van der Waals surface area contributed by atoms with Gasteiger partial charge in [0.1, 0.15) is 0 Å². The van der Waals surface area contributed by atoms with Crippen LogP contribution in [0.4, 0.5) is 5.69 Å². The van der Waals surface area contributed by atoms with Crippen molar-refractivity contribution in [2.24, 2.45) is 5.92 Å². The fourth-order valence-corrected chi connectivity index (χ4v) is 1.73. The van der Waals surface area contributed by atoms with Crippen molar-refractivity contribution in [1.29, 1.82) is 0 Å². The molecule has 1 aromatic heterocycles. The van der Waals surface area contributed by atoms with Crippen molar-refractivity contribution < 1.29 is 4.79 Å². The number of anilines is 1. The molecule has 1 unspecified atom stereocenters. The van der Waals surface area contributed by atoms with Gasteiger partial charge in [0.05, 0.1) is 17.3 Å². The first-order chi connectivity index (χ1) is 7.27. The first kappa shape index (κ1) is 10.1. The molecule has 0 spiro atoms. The molecular formula is C11H15N3O. The predicted octanol–water partition coefficient (Wildman–Crippen LogP) is 0.938. The van der Waals surface area contributed by atoms with E-state index in [2.05, 4.69) is 15.6 Å². The molecule has 80 valence electrons. The third-order valence-electron chi connectivity index (χ3n) is 2.70. The molecular weight excluding hydrogens is 190 g/mol. The van der Waals surface area contributed by atoms with E-state index >= 15 is 0 Å². The number of nitrogens with one attached hydrogen (secondary N) is 2. The fourth-order valence-electron chi connectivity index (χ4n) is 1.73. The molecule has 2 rings (SSSR count). The van der Waals surface area contributed by atoms with Crippen LogP contribution < -0.4 is 10.6 Å². The van der Waals surface area contributed by atoms with Gasteiger partial charge in [-0.1, -0.05) is 0 Å². The quantitative estimate of drug-likeness (QED) is 0.755. The minimum atomic E-state index is 0.0936. The van der Waals surface area contributed by atoms with E-state index < -0.39 is 0 Å². The van der Waals surface area contributed by atoms with E-state index in [4.69, 9.17) is 0 Å². The lowest BCUT2D eigenvalue weighted by atomic mass is 10.1. The number of rotatable bonds is 2. The number of pyridine rings is 1. The highest BCUT2D eigenvalue weighted by Crippen LogP contribution is 2.14. The summed E-state index contributed by atoms with van der Waals surface area (Å²) in [7, 11) is 0. The van der Waals surface area contributed by atoms with Crippen LogP contribution in [0.2, 0.25) is 0 Å². The maximum Gasteiger partial charge on any atom is 0.228 e. The first-order valence-corrected chi connectivity index (χ1v) is 5.20. The van der Waals surface area contributed by atoms with Crippen molar-refractivity contribution in [3.63, 3.8) is 0 Å². The molecule has 1 aromatic rings. The maximum absolute atomic E-state index is 11.8. The van der Waals surface area contributed by atoms with Gasteiger partial charge in [0.25, 0.3) is 0 Å². The number of hydrogen-bond acceptors (Lipinski definition) is 3. The summed E-state index contributed by atoms with van der Waals surface area (Å²) in [6, 6.07) is 3.71. The van der Waals surface area contributed by atoms with Gasteiger partial charge in [0, 0.05) is 12.7 Å². The van der Waals surface area contributed by atoms with E-state index in [0.29, 0.717) is 0 Å². The Morgan fingerprint density at radius 2 is 2.53 bits per heavy atom. The van der Waals surface area contributed by atoms with Gasteiger partial charge >= 0.3 is 0 Å². The molecule has 1 aliphatic heterocycles. The third-order valence-corrected chi connectivity index (χ3v) is 2.70. The van der Waals surface area contributed by atoms with Crippen LogP contribution >= 0.6 is 0 Å². The highest BCUT2D eigenvalue weighted by atomic mass is 16.1. The lowest BCUT2D eigenvalue weighted by Crippen LogP contribution is -2.25. The topological polar surface area (TPSA) is 54.0 Å². The summed E-state index contributed by atoms with van der Waals surface area (Å²) in [4.78, 5) is 15.9. The molecule has 1 fully saturated rings. The standard InChI is InChI=1S/C11H15N3O/c1-8-10(3-2-5-13-8)14-11(15)9-4-6-12-7-9/h2-3,5,9,12H,4,6-7H2,1H3,(H,14,15). The molecule has 1 aliphatic rings. The van der Waals surface area contributed by atoms with Crippen LogP contribution in [0.5, 0.6) is 0 Å². The van der Waals surface area contributed by atoms with Crippen LogP contribution in [0.15, 0.2) is 18.3 Å². The molecule has 2 N–H and O–H groups in total. The molecule has 0 aromatic carbocycles. The summed E-state index contributed by atoms with van der Waals surface area (Å²) >= 11 is 0. The van der Waals surface area contributed by atoms with Crippen molar-refractivity contribution in [3.8, 4) is 0 Å². The van der Waals surface area contributed by atoms with Crippen molar-refractivity contribution in [2.75, 3.05) is 18.4 Å². The van der Waals surface area contributed by atoms with Gasteiger partial charge in [-0.3, -0.25) is 9.78 Å². The number of aromatic nitrogens is 1. The van der Waals surface area contributed by atoms with Crippen molar-refractivity contribution in [2.45, 2.75) is 13.3 Å². The first-order valence-electron chi connectivity index (χ1n) is 5.20. The summed E-state index contributed by atoms with van der Waals surface area (Å²) in [6.07, 6.45) is 2.65. The lowest BCUT2D eigenvalue weighted by molar-refractivity contribution is -0.119. The fraction of sp³-hybridized carbons (Fsp3) is 0.455. The second-order valence-corrected chi connectivity index (χ2v) is 3.82. The minimum absolute atomic E-state index is 0.0936. The smallest absolute Gasteiger partial charge is 0.228 e. The molecule has 15 heavy (non-hydrogen) atoms. The minimum Gasteiger partial charge on any atom is -0.324 e. The van der Waals surface area contributed by atoms with Crippen LogP contribution in [-0.2, 0) is 4.79 Å². The molecule has 4 heteroatoms. The predicted molar refractivity (Wildman–Crippen MR) is 58.6 cm³/mol. The van der Waals surface area contributed by atoms with Gasteiger partial charge in [0.15, 0.2) is 0 Å². The maximum atomic E-state index is 11.8. The van der Waals surface area contributed by atoms with Crippen LogP contribution in [-0.4, -0.2) is 24.0 Å². The van der Waals surface area contributed by atoms with E-state index in [1.54, 1.807) is 6.20 Å². The molecule has 4 nitrogen and oxygen atoms in total. The van der Waals surface area contributed by atoms with Gasteiger partial charge < -0.3 is 10.6 Å². The summed E-state index contributed by atoms with van der Waals surface area (Å²) in [5.74, 6) is 0.195. The van der Waals surface area contributed by atoms with Crippen molar-refractivity contribution in [3.05, 3.63) is 24.0 Å². The Bertz CT molecular complexity index is 359. The van der Waals surface area contributed by atoms with Gasteiger partial charge in [-0.25, -0.2) is 0 Å². The van der Waals surface area contributed by atoms with Gasteiger partial charge in [-0.05, 0) is 32.0 Å². The zero-order valence-electron chi connectivity index (χ0n) is 8.79. The third kappa shape index (κ3) is 2.33. The molecule has 0 saturated carbocycles. The number of aryl methyl sites for hydroxylation is 1. The van der Waals surface area contributed by atoms with Gasteiger partial charge in [-0.2, -0.15) is 0 Å². The molecule has 1 amide bonds. The number of carbonyl (C=O) groups excluding carboxylic acids is 1. The Morgan fingerprint density at radius 1 is 1.67 bits per heavy atom. The average molecular weight is 205 g/mol. The largest absolute Gasteiger partial charge is 0.324 e. The second kappa shape index (κ2) is 4.40. The van der Waals surface area contributed by atoms with E-state index in [1.807, 2.05) is 19.1 Å². The molecule has 2 heterocycles. The summed E-state index contributed by atoms with van der Waals surface area (Å²) < 4.78 is 0. The SMILES string of the molecule is Cc1ncccc1NC(=O)C1CCNC1. The summed E-state index contributed by atoms with van der Waals surface area (Å²) in [6.45, 7) is 3.61. The van der Waals surface area contributed by atoms with Gasteiger partial charge in [-0.15, -0.1) is 0 Å². The zero-order valence-corrected chi connectivity index (χ0v) is 8.79. The van der Waals surface area contributed by atoms with Crippen LogP contribution in [0, 0.1) is 12.8 Å². The van der Waals surface area contributed by atoms with E-state index in [9.17, 15) is 4.79 Å². The number of nitrogens with zero attached hydrogens (tertiary/aromatic N) is 1. The van der Waals surface area contributed by atoms with Crippen LogP contribution in [0.25, 0.3) is 0 Å². The summed E-state index contributed by atoms with van der Waals surface area (Å²) in [5.41, 5.74) is 1.67. The highest BCUT2D eigenvalue weighted by Gasteiger charge is 2.22. The molecule has 1 saturated heterocycles. The number of carbonyl (C=O) groups is 1. The monoisotopic (exact) mass is 205 g/mol. The zero-order chi connectivity index (χ0) is 10.7. The summed E-state index contributed by atoms with van der Waals surface area (Å²) in [5, 5.41) is 6.09. The van der Waals surface area contributed by atoms with E-state index in [-0.39, 0.29) is 11.8 Å². The number of hydrogen-bond donors (Lipinski definition) is 2. The lowest BCUT2D eigenvalue weighted by Gasteiger charge is -2.10. The van der Waals surface area contributed by atoms with E-state index in [1.165, 1.54) is 0 Å². The second-order valence-electron chi connectivity index (χ2n) is 3.82. The van der Waals surface area contributed by atoms with Crippen LogP contribution in [0.3, 0.4) is 0 Å². The van der Waals surface area contributed by atoms with E-state index in [0.717, 1.165) is 30.9 Å². The van der Waals surface area contributed by atoms with Crippen molar-refractivity contribution >= 4 is 11.6 Å². The van der Waals surface area contributed by atoms with Crippen molar-refractivity contribution in [1.82, 2.24) is 10.3 Å². The van der Waals surface area contributed by atoms with Gasteiger partial charge in [0.2, 0.25) is 5.91 Å². The highest BCUT2D eigenvalue weighted by molar-refractivity contribution is 5.93. The Morgan fingerprint density at radius 3 is 3.20 bits per heavy atom. The normalized spacial score (nSPS) is 20.2. The Hall–Kier alpha value is -1.42. The number of amides is 1. The molecule has 0 radical (unpaired) electrons. The molecule has 0 bridgehead atoms.